The lowest BCUT2D eigenvalue weighted by molar-refractivity contribution is 0.120. The van der Waals surface area contributed by atoms with E-state index in [1.807, 2.05) is 0 Å². The summed E-state index contributed by atoms with van der Waals surface area (Å²) in [4.78, 5) is 5.23. The SMILES string of the molecule is C1=CN(C2CCCN(Cc3cccc(C4CC4)c3)C2)Cc2ccccc21. The van der Waals surface area contributed by atoms with Gasteiger partial charge in [0.25, 0.3) is 0 Å². The van der Waals surface area contributed by atoms with Crippen LogP contribution in [-0.4, -0.2) is 28.9 Å². The summed E-state index contributed by atoms with van der Waals surface area (Å²) in [5.41, 5.74) is 5.90. The maximum absolute atomic E-state index is 2.66. The summed E-state index contributed by atoms with van der Waals surface area (Å²) in [6.07, 6.45) is 10.0. The van der Waals surface area contributed by atoms with E-state index in [-0.39, 0.29) is 0 Å². The largest absolute Gasteiger partial charge is 0.369 e. The van der Waals surface area contributed by atoms with Crippen molar-refractivity contribution in [3.8, 4) is 0 Å². The minimum Gasteiger partial charge on any atom is -0.369 e. The molecule has 26 heavy (non-hydrogen) atoms. The van der Waals surface area contributed by atoms with Crippen molar-refractivity contribution in [3.63, 3.8) is 0 Å². The molecule has 2 aliphatic heterocycles. The van der Waals surface area contributed by atoms with Crippen molar-refractivity contribution in [1.82, 2.24) is 9.80 Å². The van der Waals surface area contributed by atoms with E-state index in [1.54, 1.807) is 5.56 Å². The van der Waals surface area contributed by atoms with E-state index in [9.17, 15) is 0 Å². The van der Waals surface area contributed by atoms with Crippen LogP contribution in [0.5, 0.6) is 0 Å². The number of benzene rings is 2. The van der Waals surface area contributed by atoms with Crippen molar-refractivity contribution in [2.24, 2.45) is 0 Å². The first kappa shape index (κ1) is 16.1. The van der Waals surface area contributed by atoms with Gasteiger partial charge < -0.3 is 4.90 Å². The van der Waals surface area contributed by atoms with Crippen molar-refractivity contribution in [3.05, 3.63) is 77.0 Å². The Morgan fingerprint density at radius 2 is 1.88 bits per heavy atom. The van der Waals surface area contributed by atoms with Gasteiger partial charge in [-0.2, -0.15) is 0 Å². The van der Waals surface area contributed by atoms with Crippen LogP contribution in [0.3, 0.4) is 0 Å². The number of fused-ring (bicyclic) bond motifs is 1. The first-order valence-electron chi connectivity index (χ1n) is 10.2. The van der Waals surface area contributed by atoms with Gasteiger partial charge in [0.2, 0.25) is 0 Å². The van der Waals surface area contributed by atoms with Crippen molar-refractivity contribution in [2.45, 2.75) is 50.7 Å². The van der Waals surface area contributed by atoms with Crippen LogP contribution in [0.1, 0.15) is 53.9 Å². The van der Waals surface area contributed by atoms with E-state index in [4.69, 9.17) is 0 Å². The molecule has 2 heteroatoms. The molecule has 5 rings (SSSR count). The average Bonchev–Trinajstić information content (AvgIpc) is 3.53. The molecule has 2 nitrogen and oxygen atoms in total. The van der Waals surface area contributed by atoms with Gasteiger partial charge in [0, 0.05) is 31.9 Å². The molecule has 0 bridgehead atoms. The molecule has 0 spiro atoms. The van der Waals surface area contributed by atoms with Gasteiger partial charge in [0.05, 0.1) is 0 Å². The van der Waals surface area contributed by atoms with Crippen molar-refractivity contribution >= 4 is 6.08 Å². The minimum atomic E-state index is 0.639. The maximum atomic E-state index is 2.66. The van der Waals surface area contributed by atoms with E-state index in [0.717, 1.165) is 19.0 Å². The highest BCUT2D eigenvalue weighted by atomic mass is 15.2. The number of rotatable bonds is 4. The number of nitrogens with zero attached hydrogens (tertiary/aromatic N) is 2. The van der Waals surface area contributed by atoms with Crippen LogP contribution in [0.2, 0.25) is 0 Å². The van der Waals surface area contributed by atoms with E-state index >= 15 is 0 Å². The number of likely N-dealkylation sites (tertiary alicyclic amines) is 1. The third kappa shape index (κ3) is 3.43. The van der Waals surface area contributed by atoms with Gasteiger partial charge >= 0.3 is 0 Å². The predicted octanol–water partition coefficient (Wildman–Crippen LogP) is 5.01. The van der Waals surface area contributed by atoms with Gasteiger partial charge in [-0.05, 0) is 66.5 Å². The molecule has 2 aromatic carbocycles. The molecule has 2 fully saturated rings. The Balaban J connectivity index is 1.25. The normalized spacial score (nSPS) is 23.1. The fourth-order valence-corrected chi connectivity index (χ4v) is 4.58. The quantitative estimate of drug-likeness (QED) is 0.769. The number of hydrogen-bond acceptors (Lipinski definition) is 2. The fraction of sp³-hybridized carbons (Fsp3) is 0.417. The third-order valence-corrected chi connectivity index (χ3v) is 6.21. The summed E-state index contributed by atoms with van der Waals surface area (Å²) in [5, 5.41) is 0. The van der Waals surface area contributed by atoms with E-state index in [0.29, 0.717) is 6.04 Å². The highest BCUT2D eigenvalue weighted by Gasteiger charge is 2.26. The zero-order valence-corrected chi connectivity index (χ0v) is 15.5. The van der Waals surface area contributed by atoms with Crippen molar-refractivity contribution in [1.29, 1.82) is 0 Å². The van der Waals surface area contributed by atoms with Gasteiger partial charge in [-0.25, -0.2) is 0 Å². The van der Waals surface area contributed by atoms with Gasteiger partial charge in [-0.15, -0.1) is 0 Å². The van der Waals surface area contributed by atoms with E-state index in [1.165, 1.54) is 55.5 Å². The minimum absolute atomic E-state index is 0.639. The number of hydrogen-bond donors (Lipinski definition) is 0. The Morgan fingerprint density at radius 1 is 0.962 bits per heavy atom. The van der Waals surface area contributed by atoms with E-state index in [2.05, 4.69) is 70.6 Å². The molecular formula is C24H28N2. The Labute approximate surface area is 157 Å². The standard InChI is InChI=1S/C24H28N2/c1-2-7-23-17-26(14-12-20(23)6-1)24-9-4-13-25(18-24)16-19-5-3-8-22(15-19)21-10-11-21/h1-3,5-8,12,14-15,21,24H,4,9-11,13,16-18H2. The van der Waals surface area contributed by atoms with Crippen LogP contribution in [-0.2, 0) is 13.1 Å². The molecule has 0 N–H and O–H groups in total. The van der Waals surface area contributed by atoms with Crippen LogP contribution >= 0.6 is 0 Å². The smallest absolute Gasteiger partial charge is 0.0433 e. The van der Waals surface area contributed by atoms with Gasteiger partial charge in [0.15, 0.2) is 0 Å². The summed E-state index contributed by atoms with van der Waals surface area (Å²) in [5.74, 6) is 0.850. The lowest BCUT2D eigenvalue weighted by Gasteiger charge is -2.40. The second-order valence-corrected chi connectivity index (χ2v) is 8.24. The molecule has 0 radical (unpaired) electrons. The van der Waals surface area contributed by atoms with E-state index < -0.39 is 0 Å². The molecule has 1 saturated carbocycles. The van der Waals surface area contributed by atoms with Crippen LogP contribution in [0, 0.1) is 0 Å². The van der Waals surface area contributed by atoms with Crippen molar-refractivity contribution < 1.29 is 0 Å². The molecule has 0 aromatic heterocycles. The van der Waals surface area contributed by atoms with Crippen molar-refractivity contribution in [2.75, 3.05) is 13.1 Å². The Bertz CT molecular complexity index is 805. The van der Waals surface area contributed by atoms with Gasteiger partial charge in [-0.3, -0.25) is 4.90 Å². The summed E-state index contributed by atoms with van der Waals surface area (Å²) in [6.45, 7) is 4.58. The Hall–Kier alpha value is -2.06. The molecule has 3 aliphatic rings. The fourth-order valence-electron chi connectivity index (χ4n) is 4.58. The highest BCUT2D eigenvalue weighted by molar-refractivity contribution is 5.55. The van der Waals surface area contributed by atoms with Crippen LogP contribution in [0.15, 0.2) is 54.7 Å². The molecule has 2 aromatic rings. The highest BCUT2D eigenvalue weighted by Crippen LogP contribution is 2.40. The maximum Gasteiger partial charge on any atom is 0.0433 e. The number of piperidine rings is 1. The molecule has 1 unspecified atom stereocenters. The molecule has 134 valence electrons. The third-order valence-electron chi connectivity index (χ3n) is 6.21. The van der Waals surface area contributed by atoms with Crippen LogP contribution in [0.25, 0.3) is 6.08 Å². The zero-order chi connectivity index (χ0) is 17.3. The lowest BCUT2D eigenvalue weighted by Crippen LogP contribution is -2.45. The Morgan fingerprint density at radius 3 is 2.81 bits per heavy atom. The summed E-state index contributed by atoms with van der Waals surface area (Å²) in [7, 11) is 0. The van der Waals surface area contributed by atoms with Gasteiger partial charge in [-0.1, -0.05) is 48.5 Å². The Kier molecular flexibility index (Phi) is 4.30. The summed E-state index contributed by atoms with van der Waals surface area (Å²) >= 11 is 0. The summed E-state index contributed by atoms with van der Waals surface area (Å²) < 4.78 is 0. The van der Waals surface area contributed by atoms with Gasteiger partial charge in [0.1, 0.15) is 0 Å². The zero-order valence-electron chi connectivity index (χ0n) is 15.5. The molecule has 1 saturated heterocycles. The first-order chi connectivity index (χ1) is 12.8. The molecule has 1 aliphatic carbocycles. The van der Waals surface area contributed by atoms with Crippen LogP contribution < -0.4 is 0 Å². The second-order valence-electron chi connectivity index (χ2n) is 8.24. The predicted molar refractivity (Wildman–Crippen MR) is 108 cm³/mol. The second kappa shape index (κ2) is 6.92. The molecular weight excluding hydrogens is 316 g/mol. The molecule has 1 atom stereocenters. The summed E-state index contributed by atoms with van der Waals surface area (Å²) in [6, 6.07) is 18.8. The topological polar surface area (TPSA) is 6.48 Å². The molecule has 0 amide bonds. The lowest BCUT2D eigenvalue weighted by atomic mass is 9.99. The van der Waals surface area contributed by atoms with Crippen LogP contribution in [0.4, 0.5) is 0 Å². The average molecular weight is 345 g/mol. The molecule has 2 heterocycles. The first-order valence-corrected chi connectivity index (χ1v) is 10.2. The monoisotopic (exact) mass is 344 g/mol.